The first-order chi connectivity index (χ1) is 10.5. The predicted octanol–water partition coefficient (Wildman–Crippen LogP) is 3.47. The molecule has 3 aromatic rings. The van der Waals surface area contributed by atoms with Crippen molar-refractivity contribution in [2.24, 2.45) is 0 Å². The van der Waals surface area contributed by atoms with Crippen LogP contribution in [0.1, 0.15) is 26.3 Å². The standard InChI is InChI=1S/C17H17N3O2/c1-4-20-14-8-13-12(7-11(14)17(2,3)16(20)21)18-15(19-13)10-5-6-22-9-10/h5-9H,4H2,1-3H3,(H,18,19). The van der Waals surface area contributed by atoms with Gasteiger partial charge < -0.3 is 14.3 Å². The number of hydrogen-bond acceptors (Lipinski definition) is 3. The van der Waals surface area contributed by atoms with Gasteiger partial charge in [-0.1, -0.05) is 0 Å². The molecule has 5 nitrogen and oxygen atoms in total. The first-order valence-corrected chi connectivity index (χ1v) is 7.41. The number of aromatic nitrogens is 2. The van der Waals surface area contributed by atoms with E-state index in [9.17, 15) is 4.79 Å². The maximum atomic E-state index is 12.6. The van der Waals surface area contributed by atoms with Gasteiger partial charge in [0.05, 0.1) is 34.0 Å². The molecule has 0 unspecified atom stereocenters. The molecule has 3 heterocycles. The van der Waals surface area contributed by atoms with Crippen molar-refractivity contribution in [2.45, 2.75) is 26.2 Å². The molecule has 22 heavy (non-hydrogen) atoms. The molecule has 0 saturated carbocycles. The van der Waals surface area contributed by atoms with Gasteiger partial charge >= 0.3 is 0 Å². The topological polar surface area (TPSA) is 62.1 Å². The van der Waals surface area contributed by atoms with Crippen LogP contribution in [0.15, 0.2) is 35.1 Å². The van der Waals surface area contributed by atoms with E-state index in [1.165, 1.54) is 0 Å². The number of anilines is 1. The second kappa shape index (κ2) is 4.22. The number of fused-ring (bicyclic) bond motifs is 2. The molecule has 0 atom stereocenters. The summed E-state index contributed by atoms with van der Waals surface area (Å²) in [6, 6.07) is 5.92. The highest BCUT2D eigenvalue weighted by Gasteiger charge is 2.43. The Morgan fingerprint density at radius 3 is 2.86 bits per heavy atom. The number of imidazole rings is 1. The second-order valence-corrected chi connectivity index (χ2v) is 6.16. The fourth-order valence-corrected chi connectivity index (χ4v) is 3.18. The lowest BCUT2D eigenvalue weighted by Gasteiger charge is -2.18. The fraction of sp³-hybridized carbons (Fsp3) is 0.294. The van der Waals surface area contributed by atoms with Crippen molar-refractivity contribution in [3.8, 4) is 11.4 Å². The second-order valence-electron chi connectivity index (χ2n) is 6.16. The Kier molecular flexibility index (Phi) is 2.52. The van der Waals surface area contributed by atoms with Crippen molar-refractivity contribution in [3.63, 3.8) is 0 Å². The highest BCUT2D eigenvalue weighted by molar-refractivity contribution is 6.09. The Hall–Kier alpha value is -2.56. The molecule has 1 aliphatic heterocycles. The largest absolute Gasteiger partial charge is 0.472 e. The lowest BCUT2D eigenvalue weighted by atomic mass is 9.86. The van der Waals surface area contributed by atoms with Crippen LogP contribution in [0.2, 0.25) is 0 Å². The Morgan fingerprint density at radius 2 is 2.18 bits per heavy atom. The van der Waals surface area contributed by atoms with Gasteiger partial charge in [-0.25, -0.2) is 4.98 Å². The summed E-state index contributed by atoms with van der Waals surface area (Å²) in [5.74, 6) is 0.923. The van der Waals surface area contributed by atoms with E-state index < -0.39 is 5.41 Å². The van der Waals surface area contributed by atoms with E-state index >= 15 is 0 Å². The molecule has 5 heteroatoms. The molecule has 0 saturated heterocycles. The average Bonchev–Trinajstić information content (AvgIpc) is 3.18. The van der Waals surface area contributed by atoms with Crippen LogP contribution in [0.25, 0.3) is 22.4 Å². The normalized spacial score (nSPS) is 16.5. The number of benzene rings is 1. The minimum atomic E-state index is -0.500. The molecule has 1 amide bonds. The highest BCUT2D eigenvalue weighted by Crippen LogP contribution is 2.43. The maximum absolute atomic E-state index is 12.6. The number of carbonyl (C=O) groups excluding carboxylic acids is 1. The van der Waals surface area contributed by atoms with Crippen LogP contribution in [0.4, 0.5) is 5.69 Å². The van der Waals surface area contributed by atoms with Gasteiger partial charge in [-0.05, 0) is 44.5 Å². The molecule has 0 spiro atoms. The number of furan rings is 1. The van der Waals surface area contributed by atoms with Crippen molar-refractivity contribution < 1.29 is 9.21 Å². The van der Waals surface area contributed by atoms with Gasteiger partial charge in [0.25, 0.3) is 0 Å². The van der Waals surface area contributed by atoms with Crippen molar-refractivity contribution in [2.75, 3.05) is 11.4 Å². The number of hydrogen-bond donors (Lipinski definition) is 1. The molecule has 112 valence electrons. The Balaban J connectivity index is 1.94. The van der Waals surface area contributed by atoms with Gasteiger partial charge in [-0.15, -0.1) is 0 Å². The molecule has 0 fully saturated rings. The average molecular weight is 295 g/mol. The van der Waals surface area contributed by atoms with E-state index in [4.69, 9.17) is 4.42 Å². The molecular formula is C17H17N3O2. The van der Waals surface area contributed by atoms with E-state index in [-0.39, 0.29) is 5.91 Å². The van der Waals surface area contributed by atoms with Gasteiger partial charge in [-0.2, -0.15) is 0 Å². The molecule has 1 aliphatic rings. The van der Waals surface area contributed by atoms with E-state index in [0.29, 0.717) is 6.54 Å². The molecule has 0 radical (unpaired) electrons. The van der Waals surface area contributed by atoms with E-state index in [1.807, 2.05) is 37.8 Å². The van der Waals surface area contributed by atoms with Gasteiger partial charge in [0, 0.05) is 6.54 Å². The third kappa shape index (κ3) is 1.59. The summed E-state index contributed by atoms with van der Waals surface area (Å²) in [6.45, 7) is 6.61. The summed E-state index contributed by atoms with van der Waals surface area (Å²) < 4.78 is 5.11. The predicted molar refractivity (Wildman–Crippen MR) is 84.8 cm³/mol. The zero-order valence-electron chi connectivity index (χ0n) is 12.8. The quantitative estimate of drug-likeness (QED) is 0.787. The number of amides is 1. The first-order valence-electron chi connectivity index (χ1n) is 7.41. The van der Waals surface area contributed by atoms with Gasteiger partial charge in [0.15, 0.2) is 0 Å². The molecule has 0 aliphatic carbocycles. The minimum absolute atomic E-state index is 0.146. The summed E-state index contributed by atoms with van der Waals surface area (Å²) in [6.07, 6.45) is 3.29. The third-order valence-corrected chi connectivity index (χ3v) is 4.45. The molecular weight excluding hydrogens is 278 g/mol. The van der Waals surface area contributed by atoms with Gasteiger partial charge in [-0.3, -0.25) is 4.79 Å². The minimum Gasteiger partial charge on any atom is -0.472 e. The lowest BCUT2D eigenvalue weighted by Crippen LogP contribution is -2.35. The van der Waals surface area contributed by atoms with Gasteiger partial charge in [0.2, 0.25) is 5.91 Å². The molecule has 4 rings (SSSR count). The fourth-order valence-electron chi connectivity index (χ4n) is 3.18. The van der Waals surface area contributed by atoms with Crippen LogP contribution in [0.5, 0.6) is 0 Å². The zero-order valence-corrected chi connectivity index (χ0v) is 12.8. The number of nitrogens with one attached hydrogen (secondary N) is 1. The van der Waals surface area contributed by atoms with Crippen molar-refractivity contribution in [3.05, 3.63) is 36.3 Å². The van der Waals surface area contributed by atoms with Gasteiger partial charge in [0.1, 0.15) is 12.1 Å². The summed E-state index contributed by atoms with van der Waals surface area (Å²) in [5.41, 5.74) is 4.23. The molecule has 2 aromatic heterocycles. The number of likely N-dealkylation sites (N-methyl/N-ethyl adjacent to an activating group) is 1. The molecule has 0 bridgehead atoms. The summed E-state index contributed by atoms with van der Waals surface area (Å²) in [4.78, 5) is 22.3. The monoisotopic (exact) mass is 295 g/mol. The summed E-state index contributed by atoms with van der Waals surface area (Å²) in [5, 5.41) is 0. The van der Waals surface area contributed by atoms with Crippen LogP contribution in [-0.2, 0) is 10.2 Å². The first kappa shape index (κ1) is 13.1. The number of nitrogens with zero attached hydrogens (tertiary/aromatic N) is 2. The van der Waals surface area contributed by atoms with Crippen LogP contribution in [0.3, 0.4) is 0 Å². The van der Waals surface area contributed by atoms with E-state index in [1.54, 1.807) is 12.5 Å². The Morgan fingerprint density at radius 1 is 1.36 bits per heavy atom. The lowest BCUT2D eigenvalue weighted by molar-refractivity contribution is -0.122. The van der Waals surface area contributed by atoms with Crippen molar-refractivity contribution in [1.82, 2.24) is 9.97 Å². The number of H-pyrrole nitrogens is 1. The number of aromatic amines is 1. The summed E-state index contributed by atoms with van der Waals surface area (Å²) in [7, 11) is 0. The van der Waals surface area contributed by atoms with Crippen LogP contribution >= 0.6 is 0 Å². The van der Waals surface area contributed by atoms with Crippen LogP contribution in [0, 0.1) is 0 Å². The highest BCUT2D eigenvalue weighted by atomic mass is 16.3. The Bertz CT molecular complexity index is 875. The SMILES string of the molecule is CCN1C(=O)C(C)(C)c2cc3[nH]c(-c4ccoc4)nc3cc21. The van der Waals surface area contributed by atoms with E-state index in [0.717, 1.165) is 33.7 Å². The summed E-state index contributed by atoms with van der Waals surface area (Å²) >= 11 is 0. The Labute approximate surface area is 127 Å². The van der Waals surface area contributed by atoms with E-state index in [2.05, 4.69) is 16.0 Å². The maximum Gasteiger partial charge on any atom is 0.237 e. The zero-order chi connectivity index (χ0) is 15.5. The third-order valence-electron chi connectivity index (χ3n) is 4.45. The number of carbonyl (C=O) groups is 1. The van der Waals surface area contributed by atoms with Crippen LogP contribution < -0.4 is 4.90 Å². The molecule has 1 aromatic carbocycles. The van der Waals surface area contributed by atoms with Crippen molar-refractivity contribution >= 4 is 22.6 Å². The number of rotatable bonds is 2. The van der Waals surface area contributed by atoms with Crippen LogP contribution in [-0.4, -0.2) is 22.4 Å². The smallest absolute Gasteiger partial charge is 0.237 e. The molecule has 1 N–H and O–H groups in total. The van der Waals surface area contributed by atoms with Crippen molar-refractivity contribution in [1.29, 1.82) is 0 Å².